The molecule has 0 aliphatic carbocycles. The Kier molecular flexibility index (Phi) is 4.90. The molecule has 0 radical (unpaired) electrons. The van der Waals surface area contributed by atoms with Gasteiger partial charge in [-0.3, -0.25) is 14.8 Å². The van der Waals surface area contributed by atoms with Crippen LogP contribution in [-0.4, -0.2) is 26.4 Å². The van der Waals surface area contributed by atoms with Crippen LogP contribution < -0.4 is 5.32 Å². The average Bonchev–Trinajstić information content (AvgIpc) is 2.79. The first-order valence-corrected chi connectivity index (χ1v) is 6.47. The lowest BCUT2D eigenvalue weighted by atomic mass is 9.93. The first kappa shape index (κ1) is 14.7. The van der Waals surface area contributed by atoms with Crippen LogP contribution in [0.4, 0.5) is 0 Å². The van der Waals surface area contributed by atoms with E-state index < -0.39 is 11.5 Å². The van der Waals surface area contributed by atoms with Gasteiger partial charge in [0.2, 0.25) is 0 Å². The maximum atomic E-state index is 11.3. The summed E-state index contributed by atoms with van der Waals surface area (Å²) in [6.45, 7) is 8.37. The molecule has 18 heavy (non-hydrogen) atoms. The highest BCUT2D eigenvalue weighted by molar-refractivity contribution is 5.78. The molecule has 0 saturated heterocycles. The van der Waals surface area contributed by atoms with Gasteiger partial charge in [-0.1, -0.05) is 13.8 Å². The molecule has 0 aliphatic heterocycles. The Balaban J connectivity index is 2.70. The van der Waals surface area contributed by atoms with Gasteiger partial charge in [0.15, 0.2) is 0 Å². The molecule has 0 saturated carbocycles. The number of nitrogens with one attached hydrogen (secondary N) is 1. The molecule has 0 bridgehead atoms. The van der Waals surface area contributed by atoms with Crippen LogP contribution in [0.15, 0.2) is 12.3 Å². The Morgan fingerprint density at radius 1 is 1.50 bits per heavy atom. The van der Waals surface area contributed by atoms with Crippen molar-refractivity contribution in [2.45, 2.75) is 58.7 Å². The summed E-state index contributed by atoms with van der Waals surface area (Å²) in [5.41, 5.74) is 0.0259. The van der Waals surface area contributed by atoms with Gasteiger partial charge in [0, 0.05) is 18.8 Å². The molecule has 2 N–H and O–H groups in total. The summed E-state index contributed by atoms with van der Waals surface area (Å²) in [6, 6.07) is 2.24. The highest BCUT2D eigenvalue weighted by Gasteiger charge is 2.34. The summed E-state index contributed by atoms with van der Waals surface area (Å²) in [5.74, 6) is -0.796. The van der Waals surface area contributed by atoms with E-state index in [9.17, 15) is 9.90 Å². The van der Waals surface area contributed by atoms with Gasteiger partial charge >= 0.3 is 5.97 Å². The zero-order valence-corrected chi connectivity index (χ0v) is 11.6. The highest BCUT2D eigenvalue weighted by Crippen LogP contribution is 2.16. The normalized spacial score (nSPS) is 12.1. The fraction of sp³-hybridized carbons (Fsp3) is 0.692. The van der Waals surface area contributed by atoms with Crippen molar-refractivity contribution in [3.8, 4) is 0 Å². The zero-order chi connectivity index (χ0) is 13.8. The Morgan fingerprint density at radius 2 is 2.11 bits per heavy atom. The summed E-state index contributed by atoms with van der Waals surface area (Å²) in [4.78, 5) is 11.3. The number of hydrogen-bond donors (Lipinski definition) is 2. The van der Waals surface area contributed by atoms with Crippen LogP contribution in [0, 0.1) is 0 Å². The maximum Gasteiger partial charge on any atom is 0.323 e. The van der Waals surface area contributed by atoms with E-state index in [1.807, 2.05) is 30.8 Å². The lowest BCUT2D eigenvalue weighted by molar-refractivity contribution is -0.145. The Hall–Kier alpha value is -1.36. The van der Waals surface area contributed by atoms with Gasteiger partial charge in [-0.2, -0.15) is 5.10 Å². The van der Waals surface area contributed by atoms with Gasteiger partial charge in [0.25, 0.3) is 0 Å². The summed E-state index contributed by atoms with van der Waals surface area (Å²) >= 11 is 0. The third-order valence-electron chi connectivity index (χ3n) is 3.42. The molecular formula is C13H23N3O2. The standard InChI is InChI=1S/C13H23N3O2/c1-5-13(6-2,12(17)18)14-9-11-7-8-16(15-11)10(3)4/h7-8,10,14H,5-6,9H2,1-4H3,(H,17,18). The van der Waals surface area contributed by atoms with Crippen LogP contribution in [0.3, 0.4) is 0 Å². The number of aromatic nitrogens is 2. The number of carbonyl (C=O) groups is 1. The van der Waals surface area contributed by atoms with Crippen molar-refractivity contribution in [2.24, 2.45) is 0 Å². The monoisotopic (exact) mass is 253 g/mol. The fourth-order valence-corrected chi connectivity index (χ4v) is 1.90. The minimum atomic E-state index is -0.846. The van der Waals surface area contributed by atoms with E-state index in [4.69, 9.17) is 0 Å². The molecule has 0 unspecified atom stereocenters. The predicted octanol–water partition coefficient (Wildman–Crippen LogP) is 2.20. The molecule has 0 fully saturated rings. The van der Waals surface area contributed by atoms with Crippen LogP contribution in [0.1, 0.15) is 52.3 Å². The summed E-state index contributed by atoms with van der Waals surface area (Å²) < 4.78 is 1.87. The van der Waals surface area contributed by atoms with Gasteiger partial charge < -0.3 is 5.11 Å². The van der Waals surface area contributed by atoms with Crippen molar-refractivity contribution in [1.82, 2.24) is 15.1 Å². The second-order valence-corrected chi connectivity index (χ2v) is 4.83. The molecule has 0 amide bonds. The second kappa shape index (κ2) is 6.00. The molecule has 0 spiro atoms. The molecule has 5 heteroatoms. The second-order valence-electron chi connectivity index (χ2n) is 4.83. The van der Waals surface area contributed by atoms with Gasteiger partial charge in [-0.15, -0.1) is 0 Å². The first-order chi connectivity index (χ1) is 8.45. The van der Waals surface area contributed by atoms with Crippen LogP contribution >= 0.6 is 0 Å². The Labute approximate surface area is 108 Å². The highest BCUT2D eigenvalue weighted by atomic mass is 16.4. The number of nitrogens with zero attached hydrogens (tertiary/aromatic N) is 2. The lowest BCUT2D eigenvalue weighted by Gasteiger charge is -2.27. The summed E-state index contributed by atoms with van der Waals surface area (Å²) in [5, 5.41) is 16.8. The SMILES string of the molecule is CCC(CC)(NCc1ccn(C(C)C)n1)C(=O)O. The van der Waals surface area contributed by atoms with Crippen molar-refractivity contribution in [3.05, 3.63) is 18.0 Å². The third kappa shape index (κ3) is 3.10. The topological polar surface area (TPSA) is 67.2 Å². The largest absolute Gasteiger partial charge is 0.480 e. The van der Waals surface area contributed by atoms with Crippen molar-refractivity contribution in [3.63, 3.8) is 0 Å². The molecule has 0 aliphatic rings. The number of carboxylic acids is 1. The molecule has 1 aromatic rings. The smallest absolute Gasteiger partial charge is 0.323 e. The average molecular weight is 253 g/mol. The third-order valence-corrected chi connectivity index (χ3v) is 3.42. The predicted molar refractivity (Wildman–Crippen MR) is 70.4 cm³/mol. The van der Waals surface area contributed by atoms with E-state index in [1.54, 1.807) is 0 Å². The minimum Gasteiger partial charge on any atom is -0.480 e. The van der Waals surface area contributed by atoms with Crippen molar-refractivity contribution < 1.29 is 9.90 Å². The molecule has 0 aromatic carbocycles. The van der Waals surface area contributed by atoms with E-state index in [-0.39, 0.29) is 0 Å². The van der Waals surface area contributed by atoms with Crippen LogP contribution in [-0.2, 0) is 11.3 Å². The number of carboxylic acid groups (broad SMARTS) is 1. The fourth-order valence-electron chi connectivity index (χ4n) is 1.90. The van der Waals surface area contributed by atoms with Crippen LogP contribution in [0.25, 0.3) is 0 Å². The van der Waals surface area contributed by atoms with E-state index in [1.165, 1.54) is 0 Å². The summed E-state index contributed by atoms with van der Waals surface area (Å²) in [6.07, 6.45) is 3.04. The zero-order valence-electron chi connectivity index (χ0n) is 11.6. The molecule has 1 rings (SSSR count). The Bertz CT molecular complexity index is 395. The van der Waals surface area contributed by atoms with E-state index in [0.29, 0.717) is 25.4 Å². The molecular weight excluding hydrogens is 230 g/mol. The van der Waals surface area contributed by atoms with Crippen molar-refractivity contribution >= 4 is 5.97 Å². The maximum absolute atomic E-state index is 11.3. The molecule has 5 nitrogen and oxygen atoms in total. The number of hydrogen-bond acceptors (Lipinski definition) is 3. The molecule has 1 aromatic heterocycles. The van der Waals surface area contributed by atoms with Crippen molar-refractivity contribution in [2.75, 3.05) is 0 Å². The quantitative estimate of drug-likeness (QED) is 0.781. The van der Waals surface area contributed by atoms with E-state index in [2.05, 4.69) is 24.3 Å². The van der Waals surface area contributed by atoms with Gasteiger partial charge in [-0.25, -0.2) is 0 Å². The van der Waals surface area contributed by atoms with Crippen molar-refractivity contribution in [1.29, 1.82) is 0 Å². The molecule has 102 valence electrons. The van der Waals surface area contributed by atoms with Gasteiger partial charge in [0.1, 0.15) is 5.54 Å². The minimum absolute atomic E-state index is 0.320. The lowest BCUT2D eigenvalue weighted by Crippen LogP contribution is -2.50. The first-order valence-electron chi connectivity index (χ1n) is 6.47. The number of rotatable bonds is 7. The summed E-state index contributed by atoms with van der Waals surface area (Å²) in [7, 11) is 0. The van der Waals surface area contributed by atoms with Gasteiger partial charge in [0.05, 0.1) is 5.69 Å². The molecule has 1 heterocycles. The van der Waals surface area contributed by atoms with Crippen LogP contribution in [0.2, 0.25) is 0 Å². The van der Waals surface area contributed by atoms with Gasteiger partial charge in [-0.05, 0) is 32.8 Å². The van der Waals surface area contributed by atoms with Crippen LogP contribution in [0.5, 0.6) is 0 Å². The van der Waals surface area contributed by atoms with E-state index in [0.717, 1.165) is 5.69 Å². The molecule has 0 atom stereocenters. The number of aliphatic carboxylic acids is 1. The Morgan fingerprint density at radius 3 is 2.50 bits per heavy atom. The van der Waals surface area contributed by atoms with E-state index >= 15 is 0 Å².